The lowest BCUT2D eigenvalue weighted by atomic mass is 10.3. The van der Waals surface area contributed by atoms with Crippen LogP contribution in [0.1, 0.15) is 5.89 Å². The van der Waals surface area contributed by atoms with Crippen molar-refractivity contribution in [1.82, 2.24) is 14.9 Å². The third kappa shape index (κ3) is 3.36. The standard InChI is InChI=1S/C15H13N3O5S2/c19-25(20,10-3-4-11-12(8-10)22-9-21-11)16-6-5-14-17-18-15(23-14)13-2-1-7-24-13/h1-4,7-8,16H,5-6,9H2. The molecular weight excluding hydrogens is 366 g/mol. The van der Waals surface area contributed by atoms with Crippen LogP contribution in [0.3, 0.4) is 0 Å². The molecule has 0 saturated carbocycles. The number of ether oxygens (including phenoxy) is 2. The predicted molar refractivity (Wildman–Crippen MR) is 89.1 cm³/mol. The summed E-state index contributed by atoms with van der Waals surface area (Å²) in [5.41, 5.74) is 0. The van der Waals surface area contributed by atoms with Crippen LogP contribution in [0.25, 0.3) is 10.8 Å². The summed E-state index contributed by atoms with van der Waals surface area (Å²) in [5, 5.41) is 9.80. The van der Waals surface area contributed by atoms with Crippen molar-refractivity contribution in [1.29, 1.82) is 0 Å². The molecule has 0 saturated heterocycles. The smallest absolute Gasteiger partial charge is 0.257 e. The second kappa shape index (κ2) is 6.47. The van der Waals surface area contributed by atoms with Crippen molar-refractivity contribution in [2.75, 3.05) is 13.3 Å². The number of hydrogen-bond acceptors (Lipinski definition) is 8. The molecule has 8 nitrogen and oxygen atoms in total. The summed E-state index contributed by atoms with van der Waals surface area (Å²) in [4.78, 5) is 0.987. The van der Waals surface area contributed by atoms with Crippen LogP contribution in [0.2, 0.25) is 0 Å². The molecule has 3 aromatic rings. The molecule has 25 heavy (non-hydrogen) atoms. The monoisotopic (exact) mass is 379 g/mol. The van der Waals surface area contributed by atoms with Crippen molar-refractivity contribution < 1.29 is 22.3 Å². The second-order valence-corrected chi connectivity index (χ2v) is 7.86. The summed E-state index contributed by atoms with van der Waals surface area (Å²) in [6.45, 7) is 0.235. The van der Waals surface area contributed by atoms with E-state index in [0.29, 0.717) is 29.7 Å². The Labute approximate surface area is 147 Å². The van der Waals surface area contributed by atoms with Crippen LogP contribution in [0, 0.1) is 0 Å². The zero-order chi connectivity index (χ0) is 17.3. The Morgan fingerprint density at radius 1 is 1.16 bits per heavy atom. The fourth-order valence-electron chi connectivity index (χ4n) is 2.27. The van der Waals surface area contributed by atoms with E-state index in [1.54, 1.807) is 6.07 Å². The van der Waals surface area contributed by atoms with Gasteiger partial charge >= 0.3 is 0 Å². The van der Waals surface area contributed by atoms with Crippen molar-refractivity contribution in [3.8, 4) is 22.3 Å². The molecule has 0 spiro atoms. The number of nitrogens with one attached hydrogen (secondary N) is 1. The highest BCUT2D eigenvalue weighted by Crippen LogP contribution is 2.33. The minimum absolute atomic E-state index is 0.0933. The quantitative estimate of drug-likeness (QED) is 0.699. The Hall–Kier alpha value is -2.43. The van der Waals surface area contributed by atoms with Gasteiger partial charge in [-0.2, -0.15) is 0 Å². The molecule has 1 N–H and O–H groups in total. The van der Waals surface area contributed by atoms with Gasteiger partial charge in [-0.25, -0.2) is 13.1 Å². The number of sulfonamides is 1. The van der Waals surface area contributed by atoms with Gasteiger partial charge in [-0.1, -0.05) is 6.07 Å². The van der Waals surface area contributed by atoms with Crippen molar-refractivity contribution in [2.45, 2.75) is 11.3 Å². The molecule has 10 heteroatoms. The van der Waals surface area contributed by atoms with E-state index in [0.717, 1.165) is 4.88 Å². The van der Waals surface area contributed by atoms with Gasteiger partial charge in [0.1, 0.15) is 0 Å². The van der Waals surface area contributed by atoms with Crippen molar-refractivity contribution in [3.05, 3.63) is 41.6 Å². The maximum Gasteiger partial charge on any atom is 0.257 e. The first-order valence-electron chi connectivity index (χ1n) is 7.37. The Kier molecular flexibility index (Phi) is 4.15. The first-order valence-corrected chi connectivity index (χ1v) is 9.74. The topological polar surface area (TPSA) is 104 Å². The average Bonchev–Trinajstić information content (AvgIpc) is 3.34. The van der Waals surface area contributed by atoms with E-state index >= 15 is 0 Å². The Morgan fingerprint density at radius 3 is 2.88 bits per heavy atom. The van der Waals surface area contributed by atoms with Gasteiger partial charge in [0, 0.05) is 19.0 Å². The molecule has 1 aliphatic heterocycles. The second-order valence-electron chi connectivity index (χ2n) is 5.14. The molecule has 130 valence electrons. The van der Waals surface area contributed by atoms with E-state index in [-0.39, 0.29) is 18.2 Å². The van der Waals surface area contributed by atoms with Gasteiger partial charge in [-0.15, -0.1) is 21.5 Å². The summed E-state index contributed by atoms with van der Waals surface area (Å²) in [6, 6.07) is 8.25. The van der Waals surface area contributed by atoms with Gasteiger partial charge in [0.2, 0.25) is 22.7 Å². The highest BCUT2D eigenvalue weighted by atomic mass is 32.2. The largest absolute Gasteiger partial charge is 0.454 e. The van der Waals surface area contributed by atoms with Crippen molar-refractivity contribution in [3.63, 3.8) is 0 Å². The van der Waals surface area contributed by atoms with Crippen molar-refractivity contribution in [2.24, 2.45) is 0 Å². The van der Waals surface area contributed by atoms with Gasteiger partial charge in [0.25, 0.3) is 5.89 Å². The third-order valence-electron chi connectivity index (χ3n) is 3.48. The fraction of sp³-hybridized carbons (Fsp3) is 0.200. The van der Waals surface area contributed by atoms with Gasteiger partial charge < -0.3 is 13.9 Å². The number of benzene rings is 1. The number of nitrogens with zero attached hydrogens (tertiary/aromatic N) is 2. The molecule has 2 aromatic heterocycles. The van der Waals surface area contributed by atoms with Gasteiger partial charge in [0.05, 0.1) is 9.77 Å². The Morgan fingerprint density at radius 2 is 2.04 bits per heavy atom. The number of hydrogen-bond donors (Lipinski definition) is 1. The van der Waals surface area contributed by atoms with Gasteiger partial charge in [-0.05, 0) is 23.6 Å². The average molecular weight is 379 g/mol. The molecule has 0 radical (unpaired) electrons. The normalized spacial score (nSPS) is 13.3. The lowest BCUT2D eigenvalue weighted by Crippen LogP contribution is -2.26. The summed E-state index contributed by atoms with van der Waals surface area (Å²) in [7, 11) is -3.66. The van der Waals surface area contributed by atoms with E-state index in [1.807, 2.05) is 17.5 Å². The van der Waals surface area contributed by atoms with Crippen LogP contribution >= 0.6 is 11.3 Å². The van der Waals surface area contributed by atoms with E-state index in [1.165, 1.54) is 23.5 Å². The van der Waals surface area contributed by atoms with E-state index in [2.05, 4.69) is 14.9 Å². The molecule has 0 aliphatic carbocycles. The molecule has 1 aliphatic rings. The van der Waals surface area contributed by atoms with Crippen LogP contribution < -0.4 is 14.2 Å². The Balaban J connectivity index is 1.39. The molecule has 0 bridgehead atoms. The van der Waals surface area contributed by atoms with Crippen molar-refractivity contribution >= 4 is 21.4 Å². The van der Waals surface area contributed by atoms with Crippen LogP contribution in [0.15, 0.2) is 45.0 Å². The maximum atomic E-state index is 12.3. The van der Waals surface area contributed by atoms with Crippen LogP contribution in [0.4, 0.5) is 0 Å². The first kappa shape index (κ1) is 16.1. The van der Waals surface area contributed by atoms with E-state index in [4.69, 9.17) is 13.9 Å². The summed E-state index contributed by atoms with van der Waals surface area (Å²) in [6.07, 6.45) is 0.294. The molecule has 3 heterocycles. The van der Waals surface area contributed by atoms with Crippen LogP contribution in [-0.2, 0) is 16.4 Å². The minimum Gasteiger partial charge on any atom is -0.454 e. The SMILES string of the molecule is O=S(=O)(NCCc1nnc(-c2cccs2)o1)c1ccc2c(c1)OCO2. The van der Waals surface area contributed by atoms with Crippen LogP contribution in [0.5, 0.6) is 11.5 Å². The molecular formula is C15H13N3O5S2. The lowest BCUT2D eigenvalue weighted by Gasteiger charge is -2.06. The maximum absolute atomic E-state index is 12.3. The van der Waals surface area contributed by atoms with E-state index in [9.17, 15) is 8.42 Å². The zero-order valence-corrected chi connectivity index (χ0v) is 14.5. The van der Waals surface area contributed by atoms with Gasteiger partial charge in [-0.3, -0.25) is 0 Å². The Bertz CT molecular complexity index is 983. The highest BCUT2D eigenvalue weighted by molar-refractivity contribution is 7.89. The zero-order valence-electron chi connectivity index (χ0n) is 12.8. The summed E-state index contributed by atoms with van der Waals surface area (Å²) in [5.74, 6) is 1.76. The van der Waals surface area contributed by atoms with E-state index < -0.39 is 10.0 Å². The molecule has 0 unspecified atom stereocenters. The van der Waals surface area contributed by atoms with Gasteiger partial charge in [0.15, 0.2) is 11.5 Å². The lowest BCUT2D eigenvalue weighted by molar-refractivity contribution is 0.174. The fourth-order valence-corrected chi connectivity index (χ4v) is 3.97. The first-order chi connectivity index (χ1) is 12.1. The number of fused-ring (bicyclic) bond motifs is 1. The molecule has 0 amide bonds. The molecule has 1 aromatic carbocycles. The summed E-state index contributed by atoms with van der Waals surface area (Å²) >= 11 is 1.49. The highest BCUT2D eigenvalue weighted by Gasteiger charge is 2.20. The third-order valence-corrected chi connectivity index (χ3v) is 5.80. The minimum atomic E-state index is -3.66. The number of rotatable bonds is 6. The molecule has 4 rings (SSSR count). The number of thiophene rings is 1. The molecule has 0 fully saturated rings. The summed E-state index contributed by atoms with van der Waals surface area (Å²) < 4.78 is 43.1. The molecule has 0 atom stereocenters. The van der Waals surface area contributed by atoms with Crippen LogP contribution in [-0.4, -0.2) is 32.0 Å². The number of aromatic nitrogens is 2. The predicted octanol–water partition coefficient (Wildman–Crippen LogP) is 2.05.